The smallest absolute Gasteiger partial charge is 0.261 e. The molecule has 0 aromatic heterocycles. The first-order chi connectivity index (χ1) is 13.0. The van der Waals surface area contributed by atoms with Crippen molar-refractivity contribution in [2.24, 2.45) is 23.7 Å². The van der Waals surface area contributed by atoms with E-state index >= 15 is 0 Å². The van der Waals surface area contributed by atoms with E-state index < -0.39 is 8.32 Å². The summed E-state index contributed by atoms with van der Waals surface area (Å²) in [5, 5.41) is 12.6. The van der Waals surface area contributed by atoms with Crippen molar-refractivity contribution < 1.29 is 9.53 Å². The molecular formula is C24H32O2Si. The summed E-state index contributed by atoms with van der Waals surface area (Å²) < 4.78 is 7.11. The second kappa shape index (κ2) is 7.19. The molecule has 2 fully saturated rings. The Morgan fingerprint density at radius 2 is 1.48 bits per heavy atom. The number of aliphatic hydroxyl groups excluding tert-OH is 1. The van der Waals surface area contributed by atoms with Crippen LogP contribution in [0.2, 0.25) is 5.04 Å². The molecule has 0 aliphatic heterocycles. The van der Waals surface area contributed by atoms with E-state index in [2.05, 4.69) is 81.4 Å². The van der Waals surface area contributed by atoms with Crippen molar-refractivity contribution in [3.63, 3.8) is 0 Å². The van der Waals surface area contributed by atoms with Gasteiger partial charge in [0.1, 0.15) is 0 Å². The predicted octanol–water partition coefficient (Wildman–Crippen LogP) is 3.83. The van der Waals surface area contributed by atoms with E-state index in [1.807, 2.05) is 0 Å². The summed E-state index contributed by atoms with van der Waals surface area (Å²) in [5.74, 6) is 2.56. The van der Waals surface area contributed by atoms with Gasteiger partial charge < -0.3 is 9.53 Å². The number of aliphatic hydroxyl groups is 1. The fourth-order valence-electron chi connectivity index (χ4n) is 5.43. The molecule has 2 aromatic carbocycles. The minimum absolute atomic E-state index is 0.0198. The largest absolute Gasteiger partial charge is 0.407 e. The summed E-state index contributed by atoms with van der Waals surface area (Å²) in [5.41, 5.74) is 0. The molecule has 2 aliphatic rings. The molecule has 2 aliphatic carbocycles. The summed E-state index contributed by atoms with van der Waals surface area (Å²) in [4.78, 5) is 0. The molecule has 1 N–H and O–H groups in total. The predicted molar refractivity (Wildman–Crippen MR) is 114 cm³/mol. The van der Waals surface area contributed by atoms with Crippen LogP contribution in [0.25, 0.3) is 0 Å². The minimum Gasteiger partial charge on any atom is -0.407 e. The number of rotatable bonds is 6. The van der Waals surface area contributed by atoms with Crippen LogP contribution in [0.5, 0.6) is 0 Å². The average Bonchev–Trinajstić information content (AvgIpc) is 3.35. The lowest BCUT2D eigenvalue weighted by Gasteiger charge is -2.44. The minimum atomic E-state index is -2.45. The van der Waals surface area contributed by atoms with Crippen molar-refractivity contribution in [3.05, 3.63) is 60.7 Å². The number of benzene rings is 2. The summed E-state index contributed by atoms with van der Waals surface area (Å²) in [6.45, 7) is 8.08. The monoisotopic (exact) mass is 380 g/mol. The van der Waals surface area contributed by atoms with Crippen LogP contribution < -0.4 is 10.4 Å². The zero-order valence-electron chi connectivity index (χ0n) is 16.8. The molecule has 0 spiro atoms. The van der Waals surface area contributed by atoms with Crippen molar-refractivity contribution in [2.45, 2.75) is 38.7 Å². The lowest BCUT2D eigenvalue weighted by molar-refractivity contribution is 0.129. The highest BCUT2D eigenvalue weighted by Gasteiger charge is 2.55. The van der Waals surface area contributed by atoms with Gasteiger partial charge in [0.15, 0.2) is 0 Å². The number of hydrogen-bond donors (Lipinski definition) is 1. The quantitative estimate of drug-likeness (QED) is 0.772. The zero-order chi connectivity index (χ0) is 19.1. The van der Waals surface area contributed by atoms with Gasteiger partial charge >= 0.3 is 0 Å². The summed E-state index contributed by atoms with van der Waals surface area (Å²) >= 11 is 0. The molecule has 0 heterocycles. The van der Waals surface area contributed by atoms with E-state index in [0.717, 1.165) is 18.4 Å². The van der Waals surface area contributed by atoms with Crippen LogP contribution >= 0.6 is 0 Å². The van der Waals surface area contributed by atoms with Gasteiger partial charge in [-0.3, -0.25) is 0 Å². The van der Waals surface area contributed by atoms with Crippen LogP contribution in [0.3, 0.4) is 0 Å². The van der Waals surface area contributed by atoms with Gasteiger partial charge in [-0.1, -0.05) is 81.4 Å². The van der Waals surface area contributed by atoms with Gasteiger partial charge in [-0.15, -0.1) is 0 Å². The first kappa shape index (κ1) is 18.9. The molecule has 3 unspecified atom stereocenters. The van der Waals surface area contributed by atoms with Crippen molar-refractivity contribution in [1.29, 1.82) is 0 Å². The Bertz CT molecular complexity index is 713. The summed E-state index contributed by atoms with van der Waals surface area (Å²) in [7, 11) is -2.45. The standard InChI is InChI=1S/C24H32O2Si/c1-24(2,3)27(20-10-6-4-7-11-20,21-12-8-5-9-13-21)26-17-23-19(16-25)14-18-15-22(18)23/h4-13,18-19,22-23,25H,14-17H2,1-3H3/t18?,19-,22?,23?/m0/s1. The van der Waals surface area contributed by atoms with E-state index in [-0.39, 0.29) is 5.04 Å². The molecule has 144 valence electrons. The second-order valence-electron chi connectivity index (χ2n) is 9.48. The normalized spacial score (nSPS) is 27.4. The van der Waals surface area contributed by atoms with Gasteiger partial charge in [0.25, 0.3) is 8.32 Å². The molecule has 2 aromatic rings. The van der Waals surface area contributed by atoms with Crippen LogP contribution in [-0.2, 0) is 4.43 Å². The number of hydrogen-bond acceptors (Lipinski definition) is 2. The molecule has 27 heavy (non-hydrogen) atoms. The summed E-state index contributed by atoms with van der Waals surface area (Å²) in [6.07, 6.45) is 2.53. The van der Waals surface area contributed by atoms with Gasteiger partial charge in [-0.05, 0) is 51.9 Å². The van der Waals surface area contributed by atoms with E-state index in [9.17, 15) is 5.11 Å². The van der Waals surface area contributed by atoms with Gasteiger partial charge in [0.05, 0.1) is 0 Å². The molecule has 0 bridgehead atoms. The SMILES string of the molecule is CC(C)(C)[Si](OCC1C2CC2C[C@H]1CO)(c1ccccc1)c1ccccc1. The topological polar surface area (TPSA) is 29.5 Å². The molecule has 4 rings (SSSR count). The maximum Gasteiger partial charge on any atom is 0.261 e. The third-order valence-corrected chi connectivity index (χ3v) is 11.9. The Balaban J connectivity index is 1.73. The van der Waals surface area contributed by atoms with E-state index in [0.29, 0.717) is 18.4 Å². The van der Waals surface area contributed by atoms with Gasteiger partial charge in [0, 0.05) is 13.2 Å². The fraction of sp³-hybridized carbons (Fsp3) is 0.500. The van der Waals surface area contributed by atoms with Crippen molar-refractivity contribution in [2.75, 3.05) is 13.2 Å². The Labute approximate surface area is 164 Å². The second-order valence-corrected chi connectivity index (χ2v) is 13.8. The van der Waals surface area contributed by atoms with E-state index in [4.69, 9.17) is 4.43 Å². The Morgan fingerprint density at radius 1 is 0.926 bits per heavy atom. The molecule has 0 radical (unpaired) electrons. The van der Waals surface area contributed by atoms with E-state index in [1.165, 1.54) is 23.2 Å². The highest BCUT2D eigenvalue weighted by molar-refractivity contribution is 6.99. The Kier molecular flexibility index (Phi) is 5.04. The molecule has 2 nitrogen and oxygen atoms in total. The van der Waals surface area contributed by atoms with Crippen LogP contribution in [0.15, 0.2) is 60.7 Å². The zero-order valence-corrected chi connectivity index (χ0v) is 17.8. The molecule has 4 atom stereocenters. The maximum atomic E-state index is 9.85. The number of fused-ring (bicyclic) bond motifs is 1. The van der Waals surface area contributed by atoms with Gasteiger partial charge in [-0.25, -0.2) is 0 Å². The van der Waals surface area contributed by atoms with Crippen LogP contribution in [0.4, 0.5) is 0 Å². The highest BCUT2D eigenvalue weighted by Crippen LogP contribution is 2.58. The first-order valence-corrected chi connectivity index (χ1v) is 12.2. The summed E-state index contributed by atoms with van der Waals surface area (Å²) in [6, 6.07) is 21.7. The molecular weight excluding hydrogens is 348 g/mol. The molecule has 3 heteroatoms. The van der Waals surface area contributed by atoms with Crippen LogP contribution in [0, 0.1) is 23.7 Å². The molecule has 0 amide bonds. The molecule has 2 saturated carbocycles. The first-order valence-electron chi connectivity index (χ1n) is 10.3. The van der Waals surface area contributed by atoms with Gasteiger partial charge in [-0.2, -0.15) is 0 Å². The van der Waals surface area contributed by atoms with Crippen molar-refractivity contribution in [3.8, 4) is 0 Å². The molecule has 0 saturated heterocycles. The van der Waals surface area contributed by atoms with Crippen LogP contribution in [-0.4, -0.2) is 26.6 Å². The highest BCUT2D eigenvalue weighted by atomic mass is 28.4. The van der Waals surface area contributed by atoms with Crippen LogP contribution in [0.1, 0.15) is 33.6 Å². The lowest BCUT2D eigenvalue weighted by atomic mass is 9.93. The average molecular weight is 381 g/mol. The fourth-order valence-corrected chi connectivity index (χ4v) is 10.0. The van der Waals surface area contributed by atoms with E-state index in [1.54, 1.807) is 0 Å². The third kappa shape index (κ3) is 3.30. The maximum absolute atomic E-state index is 9.85. The van der Waals surface area contributed by atoms with Crippen molar-refractivity contribution in [1.82, 2.24) is 0 Å². The Hall–Kier alpha value is -1.42. The Morgan fingerprint density at radius 3 is 1.96 bits per heavy atom. The third-order valence-electron chi connectivity index (χ3n) is 6.88. The van der Waals surface area contributed by atoms with Gasteiger partial charge in [0.2, 0.25) is 0 Å². The van der Waals surface area contributed by atoms with Crippen molar-refractivity contribution >= 4 is 18.7 Å². The lowest BCUT2D eigenvalue weighted by Crippen LogP contribution is -2.67.